The molecule has 1 amide bonds. The number of benzene rings is 1. The second-order valence-electron chi connectivity index (χ2n) is 5.80. The van der Waals surface area contributed by atoms with Gasteiger partial charge in [0.2, 0.25) is 5.91 Å². The van der Waals surface area contributed by atoms with Crippen LogP contribution < -0.4 is 17.2 Å². The number of nitrogens with two attached hydrogens (primary N) is 3. The molecule has 2 atom stereocenters. The number of amides is 1. The number of aliphatic carboxylic acids is 1. The molecule has 0 saturated carbocycles. The highest BCUT2D eigenvalue weighted by molar-refractivity contribution is 7.50. The third kappa shape index (κ3) is 7.35. The Morgan fingerprint density at radius 3 is 2.26 bits per heavy atom. The molecule has 150 valence electrons. The van der Waals surface area contributed by atoms with Gasteiger partial charge >= 0.3 is 13.7 Å². The Balaban J connectivity index is 2.99. The molecule has 27 heavy (non-hydrogen) atoms. The summed E-state index contributed by atoms with van der Waals surface area (Å²) >= 11 is 0. The molecule has 0 radical (unpaired) electrons. The van der Waals surface area contributed by atoms with Crippen LogP contribution in [0.1, 0.15) is 18.4 Å². The van der Waals surface area contributed by atoms with E-state index in [9.17, 15) is 29.0 Å². The summed E-state index contributed by atoms with van der Waals surface area (Å²) in [6.07, 6.45) is -0.176. The molecule has 9 N–H and O–H groups in total. The summed E-state index contributed by atoms with van der Waals surface area (Å²) in [5.74, 6) is -2.92. The van der Waals surface area contributed by atoms with Crippen molar-refractivity contribution in [2.24, 2.45) is 22.2 Å². The zero-order valence-corrected chi connectivity index (χ0v) is 15.4. The number of carboxylic acid groups (broad SMARTS) is 1. The van der Waals surface area contributed by atoms with Gasteiger partial charge in [0, 0.05) is 6.54 Å². The fourth-order valence-electron chi connectivity index (χ4n) is 2.43. The second kappa shape index (κ2) is 10.0. The molecule has 1 aromatic rings. The van der Waals surface area contributed by atoms with E-state index in [2.05, 4.69) is 4.99 Å². The first-order valence-corrected chi connectivity index (χ1v) is 9.57. The third-order valence-electron chi connectivity index (χ3n) is 3.63. The van der Waals surface area contributed by atoms with Crippen LogP contribution in [0.2, 0.25) is 0 Å². The topological polar surface area (TPSA) is 206 Å². The number of hydrogen-bond acceptors (Lipinski definition) is 5. The second-order valence-corrected chi connectivity index (χ2v) is 7.25. The average molecular weight is 401 g/mol. The molecule has 0 saturated heterocycles. The molecule has 0 spiro atoms. The lowest BCUT2D eigenvalue weighted by molar-refractivity contribution is -0.147. The molecule has 0 aliphatic heterocycles. The maximum atomic E-state index is 12.6. The lowest BCUT2D eigenvalue weighted by Gasteiger charge is -2.31. The number of carboxylic acids is 1. The summed E-state index contributed by atoms with van der Waals surface area (Å²) in [5.41, 5.74) is 16.8. The number of nitrogens with zero attached hydrogens (tertiary/aromatic N) is 2. The largest absolute Gasteiger partial charge is 0.480 e. The minimum absolute atomic E-state index is 0.00346. The van der Waals surface area contributed by atoms with Gasteiger partial charge in [-0.25, -0.2) is 14.0 Å². The zero-order chi connectivity index (χ0) is 20.6. The Morgan fingerprint density at radius 2 is 1.78 bits per heavy atom. The maximum Gasteiger partial charge on any atom is 0.433 e. The van der Waals surface area contributed by atoms with Crippen LogP contribution in [0.4, 0.5) is 0 Å². The molecule has 1 aromatic carbocycles. The van der Waals surface area contributed by atoms with E-state index in [0.717, 1.165) is 0 Å². The molecule has 11 nitrogen and oxygen atoms in total. The van der Waals surface area contributed by atoms with Gasteiger partial charge in [0.1, 0.15) is 6.04 Å². The molecule has 0 bridgehead atoms. The molecule has 0 heterocycles. The van der Waals surface area contributed by atoms with Gasteiger partial charge in [0.05, 0.1) is 6.04 Å². The number of rotatable bonds is 10. The van der Waals surface area contributed by atoms with Crippen molar-refractivity contribution < 1.29 is 29.0 Å². The molecular formula is C15H24N5O6P. The third-order valence-corrected chi connectivity index (χ3v) is 4.67. The lowest BCUT2D eigenvalue weighted by Crippen LogP contribution is -2.50. The summed E-state index contributed by atoms with van der Waals surface area (Å²) in [6.45, 7) is 0.0470. The Labute approximate surface area is 156 Å². The van der Waals surface area contributed by atoms with Crippen LogP contribution in [0.5, 0.6) is 0 Å². The van der Waals surface area contributed by atoms with Crippen LogP contribution in [0.3, 0.4) is 0 Å². The van der Waals surface area contributed by atoms with Crippen LogP contribution >= 0.6 is 7.75 Å². The first-order valence-electron chi connectivity index (χ1n) is 8.00. The van der Waals surface area contributed by atoms with Crippen LogP contribution in [-0.2, 0) is 20.6 Å². The smallest absolute Gasteiger partial charge is 0.433 e. The van der Waals surface area contributed by atoms with Gasteiger partial charge in [-0.15, -0.1) is 0 Å². The molecule has 0 aliphatic carbocycles. The lowest BCUT2D eigenvalue weighted by atomic mass is 10.0. The van der Waals surface area contributed by atoms with Crippen molar-refractivity contribution in [2.45, 2.75) is 31.3 Å². The Hall–Kier alpha value is -2.46. The predicted molar refractivity (Wildman–Crippen MR) is 98.3 cm³/mol. The normalized spacial score (nSPS) is 13.4. The molecule has 0 aromatic heterocycles. The Kier molecular flexibility index (Phi) is 8.38. The van der Waals surface area contributed by atoms with E-state index < -0.39 is 31.7 Å². The van der Waals surface area contributed by atoms with E-state index in [-0.39, 0.29) is 36.4 Å². The fraction of sp³-hybridized carbons (Fsp3) is 0.400. The van der Waals surface area contributed by atoms with E-state index in [1.54, 1.807) is 30.3 Å². The van der Waals surface area contributed by atoms with Gasteiger partial charge in [-0.1, -0.05) is 30.3 Å². The highest BCUT2D eigenvalue weighted by Crippen LogP contribution is 2.43. The van der Waals surface area contributed by atoms with E-state index in [1.165, 1.54) is 0 Å². The number of guanidine groups is 1. The van der Waals surface area contributed by atoms with Crippen molar-refractivity contribution in [3.63, 3.8) is 0 Å². The highest BCUT2D eigenvalue weighted by atomic mass is 31.2. The number of aliphatic imine (C=N–C) groups is 1. The first kappa shape index (κ1) is 22.6. The van der Waals surface area contributed by atoms with Crippen LogP contribution in [-0.4, -0.2) is 56.0 Å². The van der Waals surface area contributed by atoms with E-state index in [4.69, 9.17) is 17.2 Å². The quantitative estimate of drug-likeness (QED) is 0.123. The minimum atomic E-state index is -5.23. The van der Waals surface area contributed by atoms with E-state index >= 15 is 0 Å². The van der Waals surface area contributed by atoms with Crippen LogP contribution in [0, 0.1) is 0 Å². The van der Waals surface area contributed by atoms with Gasteiger partial charge in [0.15, 0.2) is 5.96 Å². The molecular weight excluding hydrogens is 377 g/mol. The average Bonchev–Trinajstić information content (AvgIpc) is 2.56. The SMILES string of the molecule is NC(N)=NCCC[C@@H](C(=O)O)N(C(=O)[C@@H](N)Cc1ccccc1)P(=O)(O)O. The predicted octanol–water partition coefficient (Wildman–Crippen LogP) is -1.02. The maximum absolute atomic E-state index is 12.6. The zero-order valence-electron chi connectivity index (χ0n) is 14.5. The monoisotopic (exact) mass is 401 g/mol. The summed E-state index contributed by atoms with van der Waals surface area (Å²) in [5, 5.41) is 9.37. The molecule has 0 unspecified atom stereocenters. The van der Waals surface area contributed by atoms with E-state index in [0.29, 0.717) is 5.56 Å². The van der Waals surface area contributed by atoms with Crippen molar-refractivity contribution in [2.75, 3.05) is 6.54 Å². The minimum Gasteiger partial charge on any atom is -0.480 e. The molecule has 12 heteroatoms. The molecule has 0 aliphatic rings. The number of hydrogen-bond donors (Lipinski definition) is 6. The Bertz CT molecular complexity index is 719. The van der Waals surface area contributed by atoms with E-state index in [1.807, 2.05) is 0 Å². The van der Waals surface area contributed by atoms with Gasteiger partial charge in [-0.2, -0.15) is 0 Å². The number of carbonyl (C=O) groups excluding carboxylic acids is 1. The van der Waals surface area contributed by atoms with Gasteiger partial charge in [-0.05, 0) is 24.8 Å². The van der Waals surface area contributed by atoms with Crippen molar-refractivity contribution in [3.8, 4) is 0 Å². The Morgan fingerprint density at radius 1 is 1.19 bits per heavy atom. The summed E-state index contributed by atoms with van der Waals surface area (Å²) in [6, 6.07) is 5.50. The standard InChI is InChI=1S/C15H24N5O6P/c16-11(9-10-5-2-1-3-6-10)13(21)20(27(24,25)26)12(14(22)23)7-4-8-19-15(17)18/h1-3,5-6,11-12H,4,7-9,16H2,(H,22,23)(H4,17,18,19)(H2,24,25,26)/t11-,12-/m0/s1. The van der Waals surface area contributed by atoms with Crippen LogP contribution in [0.25, 0.3) is 0 Å². The fourth-order valence-corrected chi connectivity index (χ4v) is 3.41. The van der Waals surface area contributed by atoms with Gasteiger partial charge in [0.25, 0.3) is 0 Å². The first-order chi connectivity index (χ1) is 12.5. The van der Waals surface area contributed by atoms with Crippen molar-refractivity contribution >= 4 is 25.6 Å². The van der Waals surface area contributed by atoms with Crippen LogP contribution in [0.15, 0.2) is 35.3 Å². The summed E-state index contributed by atoms with van der Waals surface area (Å²) in [4.78, 5) is 46.9. The number of carbonyl (C=O) groups is 2. The van der Waals surface area contributed by atoms with Crippen molar-refractivity contribution in [1.29, 1.82) is 0 Å². The highest BCUT2D eigenvalue weighted by Gasteiger charge is 2.42. The van der Waals surface area contributed by atoms with Crippen molar-refractivity contribution in [1.82, 2.24) is 4.67 Å². The summed E-state index contributed by atoms with van der Waals surface area (Å²) < 4.78 is 11.9. The van der Waals surface area contributed by atoms with Crippen molar-refractivity contribution in [3.05, 3.63) is 35.9 Å². The molecule has 0 fully saturated rings. The summed E-state index contributed by atoms with van der Waals surface area (Å²) in [7, 11) is -5.23. The van der Waals surface area contributed by atoms with Gasteiger partial charge in [-0.3, -0.25) is 9.79 Å². The molecule has 1 rings (SSSR count). The van der Waals surface area contributed by atoms with Gasteiger partial charge < -0.3 is 32.1 Å².